The maximum Gasteiger partial charge on any atom is 0.303 e. The fraction of sp³-hybridized carbons (Fsp3) is 0.545. The Morgan fingerprint density at radius 3 is 2.83 bits per heavy atom. The molecule has 1 aromatic rings. The van der Waals surface area contributed by atoms with Crippen LogP contribution in [0.2, 0.25) is 0 Å². The Morgan fingerprint density at radius 1 is 1.50 bits per heavy atom. The summed E-state index contributed by atoms with van der Waals surface area (Å²) in [4.78, 5) is 22.1. The van der Waals surface area contributed by atoms with Crippen molar-refractivity contribution in [2.24, 2.45) is 0 Å². The van der Waals surface area contributed by atoms with Gasteiger partial charge in [-0.25, -0.2) is 0 Å². The average molecular weight is 316 g/mol. The largest absolute Gasteiger partial charge is 0.481 e. The lowest BCUT2D eigenvalue weighted by Gasteiger charge is -2.02. The van der Waals surface area contributed by atoms with Crippen LogP contribution in [-0.2, 0) is 4.79 Å². The summed E-state index contributed by atoms with van der Waals surface area (Å²) in [5, 5.41) is 18.0. The molecular formula is C11H14BrN3O3. The van der Waals surface area contributed by atoms with Crippen LogP contribution in [-0.4, -0.2) is 33.7 Å². The molecule has 0 unspecified atom stereocenters. The molecule has 0 aromatic carbocycles. The third kappa shape index (κ3) is 3.10. The fourth-order valence-corrected chi connectivity index (χ4v) is 2.34. The molecule has 0 radical (unpaired) electrons. The molecule has 1 aromatic heterocycles. The van der Waals surface area contributed by atoms with Crippen LogP contribution in [0.3, 0.4) is 0 Å². The number of nitrogens with zero attached hydrogens (tertiary/aromatic N) is 1. The quantitative estimate of drug-likeness (QED) is 0.695. The van der Waals surface area contributed by atoms with Gasteiger partial charge in [0.25, 0.3) is 5.91 Å². The van der Waals surface area contributed by atoms with Gasteiger partial charge in [-0.05, 0) is 35.2 Å². The second-order valence-corrected chi connectivity index (χ2v) is 5.12. The molecule has 1 aliphatic carbocycles. The first-order chi connectivity index (χ1) is 8.59. The molecule has 3 N–H and O–H groups in total. The number of amides is 1. The molecule has 0 aliphatic heterocycles. The second kappa shape index (κ2) is 5.51. The lowest BCUT2D eigenvalue weighted by molar-refractivity contribution is -0.137. The van der Waals surface area contributed by atoms with E-state index in [1.54, 1.807) is 0 Å². The van der Waals surface area contributed by atoms with E-state index in [2.05, 4.69) is 31.4 Å². The van der Waals surface area contributed by atoms with E-state index in [1.165, 1.54) is 0 Å². The number of nitrogens with one attached hydrogen (secondary N) is 2. The number of carbonyl (C=O) groups is 2. The molecule has 1 amide bonds. The van der Waals surface area contributed by atoms with E-state index < -0.39 is 5.97 Å². The number of halogens is 1. The summed E-state index contributed by atoms with van der Waals surface area (Å²) in [5.41, 5.74) is 1.32. The van der Waals surface area contributed by atoms with Crippen molar-refractivity contribution in [2.45, 2.75) is 31.6 Å². The number of carboxylic acid groups (broad SMARTS) is 1. The van der Waals surface area contributed by atoms with Crippen molar-refractivity contribution in [2.75, 3.05) is 6.54 Å². The van der Waals surface area contributed by atoms with Crippen LogP contribution in [0, 0.1) is 0 Å². The normalized spacial score (nSPS) is 14.5. The zero-order valence-corrected chi connectivity index (χ0v) is 11.3. The summed E-state index contributed by atoms with van der Waals surface area (Å²) in [6.07, 6.45) is 2.72. The SMILES string of the molecule is O=C(O)CCCNC(=O)c1n[nH]c(C2CC2)c1Br. The highest BCUT2D eigenvalue weighted by atomic mass is 79.9. The van der Waals surface area contributed by atoms with Crippen LogP contribution in [0.5, 0.6) is 0 Å². The van der Waals surface area contributed by atoms with Gasteiger partial charge in [0.2, 0.25) is 0 Å². The van der Waals surface area contributed by atoms with Gasteiger partial charge in [0.15, 0.2) is 5.69 Å². The molecule has 1 heterocycles. The minimum atomic E-state index is -0.860. The molecule has 0 spiro atoms. The summed E-state index contributed by atoms with van der Waals surface area (Å²) in [5.74, 6) is -0.655. The van der Waals surface area contributed by atoms with Gasteiger partial charge in [-0.2, -0.15) is 5.10 Å². The van der Waals surface area contributed by atoms with Gasteiger partial charge in [-0.15, -0.1) is 0 Å². The molecule has 6 nitrogen and oxygen atoms in total. The van der Waals surface area contributed by atoms with Gasteiger partial charge in [0.05, 0.1) is 10.2 Å². The van der Waals surface area contributed by atoms with E-state index in [0.717, 1.165) is 23.0 Å². The van der Waals surface area contributed by atoms with E-state index in [9.17, 15) is 9.59 Å². The predicted molar refractivity (Wildman–Crippen MR) is 67.5 cm³/mol. The number of rotatable bonds is 6. The average Bonchev–Trinajstić information content (AvgIpc) is 3.08. The van der Waals surface area contributed by atoms with E-state index in [-0.39, 0.29) is 12.3 Å². The number of carbonyl (C=O) groups excluding carboxylic acids is 1. The summed E-state index contributed by atoms with van der Waals surface area (Å²) in [6, 6.07) is 0. The molecule has 1 fully saturated rings. The molecular weight excluding hydrogens is 302 g/mol. The minimum Gasteiger partial charge on any atom is -0.481 e. The van der Waals surface area contributed by atoms with Gasteiger partial charge in [-0.3, -0.25) is 14.7 Å². The standard InChI is InChI=1S/C11H14BrN3O3/c12-8-9(6-3-4-6)14-15-10(8)11(18)13-5-1-2-7(16)17/h6H,1-5H2,(H,13,18)(H,14,15)(H,16,17). The van der Waals surface area contributed by atoms with Crippen LogP contribution in [0.1, 0.15) is 47.8 Å². The molecule has 2 rings (SSSR count). The number of hydrogen-bond donors (Lipinski definition) is 3. The van der Waals surface area contributed by atoms with Crippen LogP contribution in [0.15, 0.2) is 4.47 Å². The Balaban J connectivity index is 1.86. The number of aromatic nitrogens is 2. The van der Waals surface area contributed by atoms with Gasteiger partial charge < -0.3 is 10.4 Å². The van der Waals surface area contributed by atoms with Crippen LogP contribution >= 0.6 is 15.9 Å². The van der Waals surface area contributed by atoms with Crippen molar-refractivity contribution < 1.29 is 14.7 Å². The van der Waals surface area contributed by atoms with Crippen molar-refractivity contribution in [3.63, 3.8) is 0 Å². The lowest BCUT2D eigenvalue weighted by Crippen LogP contribution is -2.25. The summed E-state index contributed by atoms with van der Waals surface area (Å²) < 4.78 is 0.723. The van der Waals surface area contributed by atoms with E-state index in [4.69, 9.17) is 5.11 Å². The third-order valence-electron chi connectivity index (χ3n) is 2.79. The number of hydrogen-bond acceptors (Lipinski definition) is 3. The van der Waals surface area contributed by atoms with Gasteiger partial charge in [-0.1, -0.05) is 0 Å². The molecule has 0 bridgehead atoms. The first kappa shape index (κ1) is 13.1. The molecule has 98 valence electrons. The van der Waals surface area contributed by atoms with Gasteiger partial charge in [0.1, 0.15) is 0 Å². The molecule has 1 saturated carbocycles. The molecule has 18 heavy (non-hydrogen) atoms. The van der Waals surface area contributed by atoms with Crippen LogP contribution < -0.4 is 5.32 Å². The van der Waals surface area contributed by atoms with E-state index in [1.807, 2.05) is 0 Å². The molecule has 7 heteroatoms. The Morgan fingerprint density at radius 2 is 2.22 bits per heavy atom. The number of carboxylic acids is 1. The Hall–Kier alpha value is -1.37. The van der Waals surface area contributed by atoms with Crippen LogP contribution in [0.25, 0.3) is 0 Å². The van der Waals surface area contributed by atoms with E-state index >= 15 is 0 Å². The Labute approximate surface area is 112 Å². The maximum atomic E-state index is 11.8. The zero-order valence-electron chi connectivity index (χ0n) is 9.70. The highest BCUT2D eigenvalue weighted by Gasteiger charge is 2.30. The van der Waals surface area contributed by atoms with Gasteiger partial charge >= 0.3 is 5.97 Å². The molecule has 1 aliphatic rings. The first-order valence-electron chi connectivity index (χ1n) is 5.83. The minimum absolute atomic E-state index is 0.0509. The Bertz CT molecular complexity index is 468. The number of aromatic amines is 1. The molecule has 0 atom stereocenters. The van der Waals surface area contributed by atoms with Crippen molar-refractivity contribution >= 4 is 27.8 Å². The Kier molecular flexibility index (Phi) is 4.00. The number of aliphatic carboxylic acids is 1. The lowest BCUT2D eigenvalue weighted by atomic mass is 10.2. The third-order valence-corrected chi connectivity index (χ3v) is 3.59. The second-order valence-electron chi connectivity index (χ2n) is 4.33. The summed E-state index contributed by atoms with van der Waals surface area (Å²) in [6.45, 7) is 0.337. The van der Waals surface area contributed by atoms with Crippen molar-refractivity contribution in [1.82, 2.24) is 15.5 Å². The highest BCUT2D eigenvalue weighted by Crippen LogP contribution is 2.42. The first-order valence-corrected chi connectivity index (χ1v) is 6.62. The fourth-order valence-electron chi connectivity index (χ4n) is 1.66. The van der Waals surface area contributed by atoms with E-state index in [0.29, 0.717) is 24.6 Å². The van der Waals surface area contributed by atoms with Gasteiger partial charge in [0, 0.05) is 18.9 Å². The smallest absolute Gasteiger partial charge is 0.303 e. The monoisotopic (exact) mass is 315 g/mol. The van der Waals surface area contributed by atoms with Crippen molar-refractivity contribution in [3.8, 4) is 0 Å². The zero-order chi connectivity index (χ0) is 13.1. The predicted octanol–water partition coefficient (Wildman–Crippen LogP) is 1.64. The molecule has 0 saturated heterocycles. The summed E-state index contributed by atoms with van der Waals surface area (Å²) in [7, 11) is 0. The van der Waals surface area contributed by atoms with Crippen LogP contribution in [0.4, 0.5) is 0 Å². The van der Waals surface area contributed by atoms with Crippen molar-refractivity contribution in [3.05, 3.63) is 15.9 Å². The van der Waals surface area contributed by atoms with Crippen molar-refractivity contribution in [1.29, 1.82) is 0 Å². The maximum absolute atomic E-state index is 11.8. The topological polar surface area (TPSA) is 95.1 Å². The summed E-state index contributed by atoms with van der Waals surface area (Å²) >= 11 is 3.38. The number of H-pyrrole nitrogens is 1. The highest BCUT2D eigenvalue weighted by molar-refractivity contribution is 9.10.